The van der Waals surface area contributed by atoms with Crippen molar-refractivity contribution in [3.05, 3.63) is 59.2 Å². The van der Waals surface area contributed by atoms with Gasteiger partial charge in [0.25, 0.3) is 5.22 Å². The van der Waals surface area contributed by atoms with E-state index in [9.17, 15) is 4.79 Å². The molecule has 0 aliphatic rings. The predicted octanol–water partition coefficient (Wildman–Crippen LogP) is 5.60. The van der Waals surface area contributed by atoms with Gasteiger partial charge >= 0.3 is 0 Å². The van der Waals surface area contributed by atoms with Crippen molar-refractivity contribution in [2.24, 2.45) is 0 Å². The van der Waals surface area contributed by atoms with E-state index in [1.54, 1.807) is 0 Å². The Bertz CT molecular complexity index is 964. The van der Waals surface area contributed by atoms with Crippen molar-refractivity contribution in [3.8, 4) is 11.5 Å². The molecule has 0 aliphatic heterocycles. The summed E-state index contributed by atoms with van der Waals surface area (Å²) in [6, 6.07) is 14.0. The minimum absolute atomic E-state index is 0.0868. The quantitative estimate of drug-likeness (QED) is 0.551. The number of anilines is 1. The highest BCUT2D eigenvalue weighted by Crippen LogP contribution is 2.30. The molecule has 146 valence electrons. The van der Waals surface area contributed by atoms with Gasteiger partial charge in [0.2, 0.25) is 11.8 Å². The van der Waals surface area contributed by atoms with E-state index in [0.717, 1.165) is 22.4 Å². The third-order valence-corrected chi connectivity index (χ3v) is 5.46. The molecule has 0 fully saturated rings. The second-order valence-electron chi connectivity index (χ2n) is 7.18. The molecular formula is C22H25N3O2S. The third kappa shape index (κ3) is 4.62. The zero-order chi connectivity index (χ0) is 20.3. The molecule has 0 aliphatic carbocycles. The fourth-order valence-corrected chi connectivity index (χ4v) is 3.53. The van der Waals surface area contributed by atoms with Gasteiger partial charge in [-0.25, -0.2) is 0 Å². The summed E-state index contributed by atoms with van der Waals surface area (Å²) in [5.74, 6) is 0.693. The Hall–Kier alpha value is -2.60. The molecule has 2 aromatic carbocycles. The van der Waals surface area contributed by atoms with E-state index in [0.29, 0.717) is 17.0 Å². The van der Waals surface area contributed by atoms with Gasteiger partial charge in [-0.2, -0.15) is 0 Å². The summed E-state index contributed by atoms with van der Waals surface area (Å²) < 4.78 is 5.73. The van der Waals surface area contributed by atoms with Crippen molar-refractivity contribution in [3.63, 3.8) is 0 Å². The van der Waals surface area contributed by atoms with Crippen LogP contribution in [0.25, 0.3) is 11.5 Å². The molecule has 1 heterocycles. The molecule has 1 amide bonds. The Kier molecular flexibility index (Phi) is 6.19. The van der Waals surface area contributed by atoms with Gasteiger partial charge in [0.15, 0.2) is 0 Å². The monoisotopic (exact) mass is 395 g/mol. The smallest absolute Gasteiger partial charge is 0.277 e. The number of hydrogen-bond acceptors (Lipinski definition) is 5. The van der Waals surface area contributed by atoms with E-state index in [4.69, 9.17) is 4.42 Å². The molecular weight excluding hydrogens is 370 g/mol. The maximum Gasteiger partial charge on any atom is 0.277 e. The molecule has 0 saturated carbocycles. The summed E-state index contributed by atoms with van der Waals surface area (Å²) in [7, 11) is 0. The van der Waals surface area contributed by atoms with Crippen molar-refractivity contribution in [1.82, 2.24) is 10.2 Å². The minimum Gasteiger partial charge on any atom is -0.411 e. The van der Waals surface area contributed by atoms with Crippen LogP contribution in [-0.2, 0) is 4.79 Å². The van der Waals surface area contributed by atoms with E-state index in [2.05, 4.69) is 35.4 Å². The van der Waals surface area contributed by atoms with E-state index < -0.39 is 0 Å². The summed E-state index contributed by atoms with van der Waals surface area (Å²) in [6.45, 7) is 10.1. The predicted molar refractivity (Wildman–Crippen MR) is 114 cm³/mol. The summed E-state index contributed by atoms with van der Waals surface area (Å²) in [4.78, 5) is 12.7. The number of thioether (sulfide) groups is 1. The Morgan fingerprint density at radius 1 is 1.04 bits per heavy atom. The van der Waals surface area contributed by atoms with Gasteiger partial charge in [0, 0.05) is 11.3 Å². The topological polar surface area (TPSA) is 68.0 Å². The Morgan fingerprint density at radius 2 is 1.75 bits per heavy atom. The Morgan fingerprint density at radius 3 is 2.43 bits per heavy atom. The maximum atomic E-state index is 12.7. The van der Waals surface area contributed by atoms with Crippen molar-refractivity contribution < 1.29 is 9.21 Å². The van der Waals surface area contributed by atoms with Crippen LogP contribution < -0.4 is 5.32 Å². The van der Waals surface area contributed by atoms with Crippen LogP contribution in [0.5, 0.6) is 0 Å². The van der Waals surface area contributed by atoms with E-state index in [1.165, 1.54) is 17.3 Å². The number of nitrogens with zero attached hydrogens (tertiary/aromatic N) is 2. The second kappa shape index (κ2) is 8.61. The molecule has 28 heavy (non-hydrogen) atoms. The Labute approximate surface area is 170 Å². The van der Waals surface area contributed by atoms with E-state index in [-0.39, 0.29) is 11.2 Å². The molecule has 3 aromatic rings. The summed E-state index contributed by atoms with van der Waals surface area (Å²) in [6.07, 6.45) is 0. The van der Waals surface area contributed by atoms with Crippen molar-refractivity contribution >= 4 is 23.4 Å². The number of aromatic nitrogens is 2. The average Bonchev–Trinajstić information content (AvgIpc) is 3.12. The first-order valence-corrected chi connectivity index (χ1v) is 10.2. The van der Waals surface area contributed by atoms with Gasteiger partial charge in [0.05, 0.1) is 5.25 Å². The van der Waals surface area contributed by atoms with Crippen molar-refractivity contribution in [1.29, 1.82) is 0 Å². The lowest BCUT2D eigenvalue weighted by Gasteiger charge is -2.18. The van der Waals surface area contributed by atoms with Crippen LogP contribution in [0.3, 0.4) is 0 Å². The highest BCUT2D eigenvalue weighted by Gasteiger charge is 2.21. The first-order chi connectivity index (χ1) is 13.3. The standard InChI is InChI=1S/C22H25N3O2S/c1-13(2)18-8-6-7-15(4)19(18)23-20(26)16(5)28-22-25-24-21(27-22)17-11-9-14(3)10-12-17/h6-13,16H,1-5H3,(H,23,26). The molecule has 0 saturated heterocycles. The molecule has 0 spiro atoms. The fraction of sp³-hybridized carbons (Fsp3) is 0.318. The van der Waals surface area contributed by atoms with Crippen LogP contribution in [-0.4, -0.2) is 21.4 Å². The van der Waals surface area contributed by atoms with Gasteiger partial charge in [-0.1, -0.05) is 61.5 Å². The van der Waals surface area contributed by atoms with Crippen LogP contribution in [0.15, 0.2) is 52.1 Å². The zero-order valence-electron chi connectivity index (χ0n) is 16.8. The SMILES string of the molecule is Cc1ccc(-c2nnc(SC(C)C(=O)Nc3c(C)cccc3C(C)C)o2)cc1. The van der Waals surface area contributed by atoms with Gasteiger partial charge in [-0.3, -0.25) is 4.79 Å². The van der Waals surface area contributed by atoms with Gasteiger partial charge in [0.1, 0.15) is 0 Å². The highest BCUT2D eigenvalue weighted by atomic mass is 32.2. The van der Waals surface area contributed by atoms with Crippen LogP contribution in [0.1, 0.15) is 43.4 Å². The number of nitrogens with one attached hydrogen (secondary N) is 1. The van der Waals surface area contributed by atoms with Crippen LogP contribution >= 0.6 is 11.8 Å². The lowest BCUT2D eigenvalue weighted by molar-refractivity contribution is -0.115. The van der Waals surface area contributed by atoms with Gasteiger partial charge in [-0.05, 0) is 49.9 Å². The van der Waals surface area contributed by atoms with Crippen LogP contribution in [0, 0.1) is 13.8 Å². The second-order valence-corrected chi connectivity index (χ2v) is 8.47. The molecule has 6 heteroatoms. The average molecular weight is 396 g/mol. The number of hydrogen-bond donors (Lipinski definition) is 1. The molecule has 1 N–H and O–H groups in total. The molecule has 1 atom stereocenters. The highest BCUT2D eigenvalue weighted by molar-refractivity contribution is 8.00. The number of aryl methyl sites for hydroxylation is 2. The van der Waals surface area contributed by atoms with Gasteiger partial charge in [-0.15, -0.1) is 10.2 Å². The maximum absolute atomic E-state index is 12.7. The van der Waals surface area contributed by atoms with Crippen LogP contribution in [0.2, 0.25) is 0 Å². The summed E-state index contributed by atoms with van der Waals surface area (Å²) in [5.41, 5.74) is 5.10. The van der Waals surface area contributed by atoms with Crippen molar-refractivity contribution in [2.75, 3.05) is 5.32 Å². The number of carbonyl (C=O) groups excluding carboxylic acids is 1. The lowest BCUT2D eigenvalue weighted by atomic mass is 9.98. The Balaban J connectivity index is 1.69. The number of para-hydroxylation sites is 1. The summed E-state index contributed by atoms with van der Waals surface area (Å²) >= 11 is 1.26. The first kappa shape index (κ1) is 20.1. The number of amides is 1. The number of carbonyl (C=O) groups is 1. The van der Waals surface area contributed by atoms with Gasteiger partial charge < -0.3 is 9.73 Å². The molecule has 1 aromatic heterocycles. The largest absolute Gasteiger partial charge is 0.411 e. The molecule has 0 bridgehead atoms. The van der Waals surface area contributed by atoms with Crippen LogP contribution in [0.4, 0.5) is 5.69 Å². The number of rotatable bonds is 6. The molecule has 1 unspecified atom stereocenters. The normalized spacial score (nSPS) is 12.2. The third-order valence-electron chi connectivity index (χ3n) is 4.53. The fourth-order valence-electron chi connectivity index (χ4n) is 2.84. The molecule has 3 rings (SSSR count). The summed E-state index contributed by atoms with van der Waals surface area (Å²) in [5, 5.41) is 11.3. The van der Waals surface area contributed by atoms with Crippen molar-refractivity contribution in [2.45, 2.75) is 51.0 Å². The molecule has 0 radical (unpaired) electrons. The van der Waals surface area contributed by atoms with E-state index >= 15 is 0 Å². The molecule has 5 nitrogen and oxygen atoms in total. The first-order valence-electron chi connectivity index (χ1n) is 9.32. The lowest BCUT2D eigenvalue weighted by Crippen LogP contribution is -2.23. The number of benzene rings is 2. The zero-order valence-corrected chi connectivity index (χ0v) is 17.6. The minimum atomic E-state index is -0.370. The van der Waals surface area contributed by atoms with E-state index in [1.807, 2.05) is 57.2 Å².